The van der Waals surface area contributed by atoms with Gasteiger partial charge in [-0.05, 0) is 69.1 Å². The van der Waals surface area contributed by atoms with Crippen molar-refractivity contribution in [1.82, 2.24) is 0 Å². The van der Waals surface area contributed by atoms with Gasteiger partial charge in [0, 0.05) is 25.7 Å². The first-order valence-electron chi connectivity index (χ1n) is 34.7. The average Bonchev–Trinajstić information content (AvgIpc) is 3.69. The molecule has 512 valence electrons. The lowest BCUT2D eigenvalue weighted by Crippen LogP contribution is -2.30. The number of hydrogen-bond donors (Lipinski definition) is 3. The van der Waals surface area contributed by atoms with E-state index in [1.165, 1.54) is 96.3 Å². The van der Waals surface area contributed by atoms with Crippen LogP contribution in [0.25, 0.3) is 0 Å². The minimum absolute atomic E-state index is 0.0960. The van der Waals surface area contributed by atoms with Crippen LogP contribution in [-0.2, 0) is 65.4 Å². The lowest BCUT2D eigenvalue weighted by molar-refractivity contribution is -0.161. The average molecular weight is 1280 g/mol. The van der Waals surface area contributed by atoms with Crippen molar-refractivity contribution in [3.63, 3.8) is 0 Å². The van der Waals surface area contributed by atoms with E-state index in [0.29, 0.717) is 37.5 Å². The summed E-state index contributed by atoms with van der Waals surface area (Å²) in [6.07, 6.45) is 44.0. The highest BCUT2D eigenvalue weighted by Gasteiger charge is 2.30. The summed E-state index contributed by atoms with van der Waals surface area (Å²) in [7, 11) is -9.91. The Hall–Kier alpha value is -2.46. The maximum absolute atomic E-state index is 13.0. The Morgan fingerprint density at radius 2 is 0.678 bits per heavy atom. The van der Waals surface area contributed by atoms with E-state index in [0.717, 1.165) is 121 Å². The highest BCUT2D eigenvalue weighted by Crippen LogP contribution is 2.45. The van der Waals surface area contributed by atoms with Crippen LogP contribution in [0.4, 0.5) is 0 Å². The van der Waals surface area contributed by atoms with E-state index in [4.69, 9.17) is 37.0 Å². The van der Waals surface area contributed by atoms with Crippen LogP contribution in [0.1, 0.15) is 312 Å². The van der Waals surface area contributed by atoms with Crippen LogP contribution in [0.2, 0.25) is 0 Å². The van der Waals surface area contributed by atoms with Crippen molar-refractivity contribution >= 4 is 39.5 Å². The van der Waals surface area contributed by atoms with E-state index in [9.17, 15) is 43.2 Å². The minimum Gasteiger partial charge on any atom is -0.462 e. The van der Waals surface area contributed by atoms with E-state index < -0.39 is 97.5 Å². The van der Waals surface area contributed by atoms with Gasteiger partial charge >= 0.3 is 39.5 Å². The Morgan fingerprint density at radius 1 is 0.379 bits per heavy atom. The van der Waals surface area contributed by atoms with Crippen LogP contribution in [0.3, 0.4) is 0 Å². The summed E-state index contributed by atoms with van der Waals surface area (Å²) in [5.74, 6) is -0.00106. The smallest absolute Gasteiger partial charge is 0.462 e. The molecule has 0 bridgehead atoms. The molecule has 4 unspecified atom stereocenters. The molecular weight excluding hydrogens is 1150 g/mol. The first-order valence-corrected chi connectivity index (χ1v) is 37.7. The van der Waals surface area contributed by atoms with Crippen molar-refractivity contribution in [3.8, 4) is 0 Å². The van der Waals surface area contributed by atoms with Crippen LogP contribution < -0.4 is 0 Å². The maximum atomic E-state index is 13.0. The molecule has 0 aromatic heterocycles. The molecule has 0 fully saturated rings. The number of unbranched alkanes of at least 4 members (excludes halogenated alkanes) is 28. The number of rotatable bonds is 64. The fraction of sp³-hybridized carbons (Fsp3) is 0.882. The number of aliphatic hydroxyl groups excluding tert-OH is 1. The zero-order valence-electron chi connectivity index (χ0n) is 56.0. The molecule has 0 heterocycles. The molecule has 0 aliphatic rings. The number of ether oxygens (including phenoxy) is 4. The molecule has 0 aliphatic carbocycles. The van der Waals surface area contributed by atoms with Crippen molar-refractivity contribution in [2.24, 2.45) is 17.8 Å². The molecule has 87 heavy (non-hydrogen) atoms. The molecule has 0 spiro atoms. The molecule has 0 saturated heterocycles. The Bertz CT molecular complexity index is 1810. The number of carbonyl (C=O) groups excluding carboxylic acids is 4. The number of aliphatic hydroxyl groups is 1. The van der Waals surface area contributed by atoms with Crippen molar-refractivity contribution < 1.29 is 80.2 Å². The largest absolute Gasteiger partial charge is 0.472 e. The van der Waals surface area contributed by atoms with E-state index in [2.05, 4.69) is 72.8 Å². The summed E-state index contributed by atoms with van der Waals surface area (Å²) in [6, 6.07) is 0. The van der Waals surface area contributed by atoms with E-state index >= 15 is 0 Å². The molecule has 0 radical (unpaired) electrons. The summed E-state index contributed by atoms with van der Waals surface area (Å²) in [5.41, 5.74) is 0. The van der Waals surface area contributed by atoms with Crippen LogP contribution >= 0.6 is 15.6 Å². The van der Waals surface area contributed by atoms with Gasteiger partial charge in [0.2, 0.25) is 0 Å². The lowest BCUT2D eigenvalue weighted by Gasteiger charge is -2.21. The van der Waals surface area contributed by atoms with Crippen LogP contribution in [0.15, 0.2) is 24.3 Å². The molecule has 19 heteroatoms. The van der Waals surface area contributed by atoms with Gasteiger partial charge in [-0.2, -0.15) is 0 Å². The highest BCUT2D eigenvalue weighted by molar-refractivity contribution is 7.47. The van der Waals surface area contributed by atoms with Gasteiger partial charge in [-0.15, -0.1) is 0 Å². The second-order valence-electron chi connectivity index (χ2n) is 25.1. The first kappa shape index (κ1) is 84.5. The van der Waals surface area contributed by atoms with Gasteiger partial charge in [-0.1, -0.05) is 259 Å². The van der Waals surface area contributed by atoms with Gasteiger partial charge in [-0.25, -0.2) is 9.13 Å². The number of allylic oxidation sites excluding steroid dienone is 4. The Kier molecular flexibility index (Phi) is 57.0. The van der Waals surface area contributed by atoms with Crippen LogP contribution in [0, 0.1) is 17.8 Å². The standard InChI is InChI=1S/C68H128O17P2/c1-8-10-11-12-13-14-15-16-17-18-19-20-28-35-42-49-65(70)78-55-64(85-68(73)52-45-38-31-24-26-33-40-47-60(5)6)58-83-87(76,77)81-54-62(69)53-80-86(74,75)82-57-63(56-79-66(71)50-43-36-30-23-25-32-39-46-59(3)4)84-67(72)51-44-37-29-22-21-27-34-41-48-61(7)9-2/h14-17,59-64,69H,8-13,18-58H2,1-7H3,(H,74,75)(H,76,77)/b15-14-,17-16-/t61?,62?,63-,64-/m1/s1. The SMILES string of the molecule is CCCCCC/C=C\C=C/CCCCCCCC(=O)OC[C@H](COP(=O)(O)OCC(O)COP(=O)(O)OC[C@@H](COC(=O)CCCCCCCCCC(C)C)OC(=O)CCCCCCCCCCC(C)CC)OC(=O)CCCCCCCCCC(C)C. The number of carbonyl (C=O) groups is 4. The predicted molar refractivity (Wildman–Crippen MR) is 349 cm³/mol. The summed E-state index contributed by atoms with van der Waals surface area (Å²) < 4.78 is 68.1. The Balaban J connectivity index is 5.27. The van der Waals surface area contributed by atoms with Crippen molar-refractivity contribution in [2.45, 2.75) is 330 Å². The van der Waals surface area contributed by atoms with Gasteiger partial charge in [0.05, 0.1) is 26.4 Å². The number of esters is 4. The normalized spacial score (nSPS) is 14.8. The predicted octanol–water partition coefficient (Wildman–Crippen LogP) is 18.6. The van der Waals surface area contributed by atoms with Crippen molar-refractivity contribution in [1.29, 1.82) is 0 Å². The Morgan fingerprint density at radius 3 is 1.02 bits per heavy atom. The summed E-state index contributed by atoms with van der Waals surface area (Å²) in [4.78, 5) is 72.4. The molecule has 0 rings (SSSR count). The second-order valence-corrected chi connectivity index (χ2v) is 28.0. The molecule has 0 aromatic carbocycles. The zero-order chi connectivity index (χ0) is 64.5. The van der Waals surface area contributed by atoms with E-state index in [1.807, 2.05) is 0 Å². The molecule has 0 saturated carbocycles. The van der Waals surface area contributed by atoms with E-state index in [-0.39, 0.29) is 25.7 Å². The van der Waals surface area contributed by atoms with Gasteiger partial charge in [-0.3, -0.25) is 37.3 Å². The monoisotopic (exact) mass is 1280 g/mol. The quantitative estimate of drug-likeness (QED) is 0.0169. The summed E-state index contributed by atoms with van der Waals surface area (Å²) >= 11 is 0. The fourth-order valence-corrected chi connectivity index (χ4v) is 11.2. The lowest BCUT2D eigenvalue weighted by atomic mass is 9.99. The molecular formula is C68H128O17P2. The van der Waals surface area contributed by atoms with Gasteiger partial charge in [0.15, 0.2) is 12.2 Å². The van der Waals surface area contributed by atoms with Crippen molar-refractivity contribution in [2.75, 3.05) is 39.6 Å². The van der Waals surface area contributed by atoms with Gasteiger partial charge < -0.3 is 33.8 Å². The van der Waals surface area contributed by atoms with Crippen molar-refractivity contribution in [3.05, 3.63) is 24.3 Å². The fourth-order valence-electron chi connectivity index (χ4n) is 9.61. The summed E-state index contributed by atoms with van der Waals surface area (Å²) in [5, 5.41) is 10.6. The molecule has 17 nitrogen and oxygen atoms in total. The molecule has 0 aromatic rings. The third-order valence-corrected chi connectivity index (χ3v) is 17.3. The third kappa shape index (κ3) is 60.9. The minimum atomic E-state index is -4.96. The highest BCUT2D eigenvalue weighted by atomic mass is 31.2. The maximum Gasteiger partial charge on any atom is 0.472 e. The summed E-state index contributed by atoms with van der Waals surface area (Å²) in [6.45, 7) is 11.6. The third-order valence-electron chi connectivity index (χ3n) is 15.4. The molecule has 6 atom stereocenters. The Labute approximate surface area is 529 Å². The number of phosphoric acid groups is 2. The molecule has 0 amide bonds. The molecule has 0 aliphatic heterocycles. The number of hydrogen-bond acceptors (Lipinski definition) is 15. The van der Waals surface area contributed by atoms with E-state index in [1.54, 1.807) is 0 Å². The molecule has 3 N–H and O–H groups in total. The van der Waals surface area contributed by atoms with Crippen LogP contribution in [0.5, 0.6) is 0 Å². The second kappa shape index (κ2) is 58.6. The van der Waals surface area contributed by atoms with Crippen LogP contribution in [-0.4, -0.2) is 96.7 Å². The number of phosphoric ester groups is 2. The first-order chi connectivity index (χ1) is 41.8. The zero-order valence-corrected chi connectivity index (χ0v) is 57.7. The van der Waals surface area contributed by atoms with Gasteiger partial charge in [0.1, 0.15) is 19.3 Å². The topological polar surface area (TPSA) is 237 Å². The van der Waals surface area contributed by atoms with Gasteiger partial charge in [0.25, 0.3) is 0 Å².